The maximum absolute atomic E-state index is 9.54. The van der Waals surface area contributed by atoms with E-state index < -0.39 is 0 Å². The largest absolute Gasteiger partial charge is 0.494 e. The Morgan fingerprint density at radius 1 is 1.15 bits per heavy atom. The molecular formula is C19H11Cl3N2OS. The summed E-state index contributed by atoms with van der Waals surface area (Å²) in [5.74, 6) is 0.406. The van der Waals surface area contributed by atoms with Gasteiger partial charge in [-0.25, -0.2) is 4.98 Å². The Bertz CT molecular complexity index is 997. The molecule has 130 valence electrons. The topological polar surface area (TPSA) is 45.9 Å². The van der Waals surface area contributed by atoms with Crippen LogP contribution in [0.5, 0.6) is 5.75 Å². The third kappa shape index (κ3) is 4.03. The predicted molar refractivity (Wildman–Crippen MR) is 109 cm³/mol. The Labute approximate surface area is 170 Å². The molecule has 26 heavy (non-hydrogen) atoms. The van der Waals surface area contributed by atoms with Crippen molar-refractivity contribution in [2.75, 3.05) is 7.11 Å². The van der Waals surface area contributed by atoms with Crippen molar-refractivity contribution in [1.29, 1.82) is 5.26 Å². The van der Waals surface area contributed by atoms with Crippen molar-refractivity contribution < 1.29 is 4.74 Å². The lowest BCUT2D eigenvalue weighted by Crippen LogP contribution is -1.88. The molecular weight excluding hydrogens is 411 g/mol. The first-order valence-corrected chi connectivity index (χ1v) is 9.40. The summed E-state index contributed by atoms with van der Waals surface area (Å²) >= 11 is 19.6. The van der Waals surface area contributed by atoms with Crippen molar-refractivity contribution in [3.63, 3.8) is 0 Å². The fourth-order valence-corrected chi connectivity index (χ4v) is 3.90. The van der Waals surface area contributed by atoms with Gasteiger partial charge in [-0.05, 0) is 35.9 Å². The minimum atomic E-state index is 0.379. The van der Waals surface area contributed by atoms with Crippen LogP contribution in [0.4, 0.5) is 0 Å². The van der Waals surface area contributed by atoms with Gasteiger partial charge in [-0.1, -0.05) is 46.9 Å². The highest BCUT2D eigenvalue weighted by Gasteiger charge is 2.12. The maximum atomic E-state index is 9.54. The van der Waals surface area contributed by atoms with Crippen LogP contribution < -0.4 is 4.74 Å². The van der Waals surface area contributed by atoms with Crippen molar-refractivity contribution in [2.45, 2.75) is 0 Å². The number of thiazole rings is 1. The molecule has 3 aromatic rings. The van der Waals surface area contributed by atoms with E-state index in [0.29, 0.717) is 37.0 Å². The average molecular weight is 422 g/mol. The van der Waals surface area contributed by atoms with E-state index in [4.69, 9.17) is 39.5 Å². The van der Waals surface area contributed by atoms with Crippen LogP contribution in [0.25, 0.3) is 22.9 Å². The van der Waals surface area contributed by atoms with Gasteiger partial charge in [-0.3, -0.25) is 0 Å². The summed E-state index contributed by atoms with van der Waals surface area (Å²) in [7, 11) is 1.50. The number of hydrogen-bond donors (Lipinski definition) is 0. The number of hydrogen-bond acceptors (Lipinski definition) is 4. The Hall–Kier alpha value is -2.03. The minimum absolute atomic E-state index is 0.379. The molecule has 0 saturated heterocycles. The van der Waals surface area contributed by atoms with Gasteiger partial charge in [0.1, 0.15) is 11.1 Å². The second-order valence-electron chi connectivity index (χ2n) is 5.23. The van der Waals surface area contributed by atoms with Crippen LogP contribution in [0, 0.1) is 11.3 Å². The van der Waals surface area contributed by atoms with Crippen LogP contribution in [-0.4, -0.2) is 12.1 Å². The highest BCUT2D eigenvalue weighted by molar-refractivity contribution is 7.11. The Morgan fingerprint density at radius 3 is 2.38 bits per heavy atom. The van der Waals surface area contributed by atoms with E-state index in [2.05, 4.69) is 11.1 Å². The molecule has 7 heteroatoms. The van der Waals surface area contributed by atoms with Crippen molar-refractivity contribution >= 4 is 57.8 Å². The van der Waals surface area contributed by atoms with Crippen LogP contribution in [0.1, 0.15) is 10.6 Å². The number of ether oxygens (including phenoxy) is 1. The summed E-state index contributed by atoms with van der Waals surface area (Å²) < 4.78 is 5.14. The lowest BCUT2D eigenvalue weighted by atomic mass is 10.1. The number of allylic oxidation sites excluding steroid dienone is 1. The van der Waals surface area contributed by atoms with E-state index in [-0.39, 0.29) is 0 Å². The molecule has 0 amide bonds. The summed E-state index contributed by atoms with van der Waals surface area (Å²) in [5.41, 5.74) is 2.84. The van der Waals surface area contributed by atoms with Gasteiger partial charge in [0.15, 0.2) is 5.75 Å². The summed E-state index contributed by atoms with van der Waals surface area (Å²) in [4.78, 5) is 4.55. The first kappa shape index (κ1) is 18.8. The zero-order chi connectivity index (χ0) is 18.7. The number of aromatic nitrogens is 1. The zero-order valence-corrected chi connectivity index (χ0v) is 16.5. The quantitative estimate of drug-likeness (QED) is 0.433. The molecule has 0 radical (unpaired) electrons. The second-order valence-corrected chi connectivity index (χ2v) is 7.34. The third-order valence-electron chi connectivity index (χ3n) is 3.53. The van der Waals surface area contributed by atoms with Gasteiger partial charge >= 0.3 is 0 Å². The van der Waals surface area contributed by atoms with E-state index in [1.165, 1.54) is 18.4 Å². The Morgan fingerprint density at radius 2 is 1.81 bits per heavy atom. The Balaban J connectivity index is 1.96. The molecule has 0 aliphatic rings. The SMILES string of the molecule is COc1c(Cl)cc(/C=C(/C#N)c2nc(-c3ccc(Cl)cc3)cs2)cc1Cl. The van der Waals surface area contributed by atoms with E-state index in [1.54, 1.807) is 30.3 Å². The predicted octanol–water partition coefficient (Wildman–Crippen LogP) is 6.84. The van der Waals surface area contributed by atoms with Gasteiger partial charge in [-0.2, -0.15) is 5.26 Å². The van der Waals surface area contributed by atoms with Crippen molar-refractivity contribution in [1.82, 2.24) is 4.98 Å². The average Bonchev–Trinajstić information content (AvgIpc) is 3.10. The Kier molecular flexibility index (Phi) is 5.85. The number of halogens is 3. The first-order chi connectivity index (χ1) is 12.5. The molecule has 0 bridgehead atoms. The summed E-state index contributed by atoms with van der Waals surface area (Å²) in [6.07, 6.45) is 1.70. The van der Waals surface area contributed by atoms with Gasteiger partial charge in [-0.15, -0.1) is 11.3 Å². The lowest BCUT2D eigenvalue weighted by Gasteiger charge is -2.06. The number of nitriles is 1. The lowest BCUT2D eigenvalue weighted by molar-refractivity contribution is 0.415. The fraction of sp³-hybridized carbons (Fsp3) is 0.0526. The first-order valence-electron chi connectivity index (χ1n) is 7.38. The number of benzene rings is 2. The van der Waals surface area contributed by atoms with E-state index in [1.807, 2.05) is 17.5 Å². The monoisotopic (exact) mass is 420 g/mol. The highest BCUT2D eigenvalue weighted by atomic mass is 35.5. The summed E-state index contributed by atoms with van der Waals surface area (Å²) in [6.45, 7) is 0. The van der Waals surface area contributed by atoms with Crippen molar-refractivity contribution in [3.8, 4) is 23.1 Å². The van der Waals surface area contributed by atoms with Gasteiger partial charge in [0, 0.05) is 16.0 Å². The van der Waals surface area contributed by atoms with E-state index >= 15 is 0 Å². The van der Waals surface area contributed by atoms with E-state index in [0.717, 1.165) is 11.3 Å². The molecule has 0 unspecified atom stereocenters. The van der Waals surface area contributed by atoms with Gasteiger partial charge in [0.2, 0.25) is 0 Å². The number of nitrogens with zero attached hydrogens (tertiary/aromatic N) is 2. The van der Waals surface area contributed by atoms with Crippen molar-refractivity contribution in [3.05, 3.63) is 67.4 Å². The molecule has 0 saturated carbocycles. The fourth-order valence-electron chi connectivity index (χ4n) is 2.32. The molecule has 2 aromatic carbocycles. The molecule has 0 N–H and O–H groups in total. The van der Waals surface area contributed by atoms with Crippen LogP contribution in [0.2, 0.25) is 15.1 Å². The molecule has 1 aromatic heterocycles. The molecule has 0 aliphatic heterocycles. The van der Waals surface area contributed by atoms with Crippen molar-refractivity contribution in [2.24, 2.45) is 0 Å². The summed E-state index contributed by atoms with van der Waals surface area (Å²) in [6, 6.07) is 12.9. The third-order valence-corrected chi connectivity index (χ3v) is 5.22. The normalized spacial score (nSPS) is 11.3. The molecule has 0 fully saturated rings. The van der Waals surface area contributed by atoms with Crippen LogP contribution in [-0.2, 0) is 0 Å². The van der Waals surface area contributed by atoms with Gasteiger partial charge < -0.3 is 4.74 Å². The van der Waals surface area contributed by atoms with Gasteiger partial charge in [0.25, 0.3) is 0 Å². The number of rotatable bonds is 4. The van der Waals surface area contributed by atoms with Crippen LogP contribution >= 0.6 is 46.1 Å². The maximum Gasteiger partial charge on any atom is 0.156 e. The zero-order valence-electron chi connectivity index (χ0n) is 13.5. The smallest absolute Gasteiger partial charge is 0.156 e. The summed E-state index contributed by atoms with van der Waals surface area (Å²) in [5, 5.41) is 13.5. The molecule has 0 spiro atoms. The van der Waals surface area contributed by atoms with Crippen LogP contribution in [0.15, 0.2) is 41.8 Å². The van der Waals surface area contributed by atoms with Crippen LogP contribution in [0.3, 0.4) is 0 Å². The van der Waals surface area contributed by atoms with Gasteiger partial charge in [0.05, 0.1) is 28.4 Å². The molecule has 3 nitrogen and oxygen atoms in total. The minimum Gasteiger partial charge on any atom is -0.494 e. The second kappa shape index (κ2) is 8.11. The number of methoxy groups -OCH3 is 1. The van der Waals surface area contributed by atoms with E-state index in [9.17, 15) is 5.26 Å². The molecule has 3 rings (SSSR count). The molecule has 1 heterocycles. The molecule has 0 atom stereocenters. The highest BCUT2D eigenvalue weighted by Crippen LogP contribution is 2.35. The standard InChI is InChI=1S/C19H11Cl3N2OS/c1-25-18-15(21)7-11(8-16(18)22)6-13(9-23)19-24-17(10-26-19)12-2-4-14(20)5-3-12/h2-8,10H,1H3/b13-6-. The molecule has 0 aliphatic carbocycles.